The molecule has 0 saturated carbocycles. The van der Waals surface area contributed by atoms with Gasteiger partial charge in [0.25, 0.3) is 5.91 Å². The van der Waals surface area contributed by atoms with E-state index < -0.39 is 5.91 Å². The van der Waals surface area contributed by atoms with Crippen molar-refractivity contribution in [2.75, 3.05) is 11.1 Å². The second-order valence-corrected chi connectivity index (χ2v) is 6.08. The van der Waals surface area contributed by atoms with Crippen LogP contribution in [-0.2, 0) is 6.61 Å². The molecule has 1 amide bonds. The monoisotopic (exact) mass is 329 g/mol. The lowest BCUT2D eigenvalue weighted by atomic mass is 10.1. The Kier molecular flexibility index (Phi) is 3.89. The first-order chi connectivity index (χ1) is 11.0. The second kappa shape index (κ2) is 5.86. The van der Waals surface area contributed by atoms with Gasteiger partial charge in [-0.1, -0.05) is 12.1 Å². The number of aromatic hydroxyl groups is 1. The zero-order chi connectivity index (χ0) is 16.6. The first-order valence-corrected chi connectivity index (χ1v) is 7.71. The minimum Gasteiger partial charge on any atom is -0.506 e. The minimum absolute atomic E-state index is 0.0226. The molecule has 0 atom stereocenters. The molecule has 0 fully saturated rings. The lowest BCUT2D eigenvalue weighted by Gasteiger charge is -2.06. The number of anilines is 2. The molecule has 0 radical (unpaired) electrons. The first kappa shape index (κ1) is 15.3. The quantitative estimate of drug-likeness (QED) is 0.552. The lowest BCUT2D eigenvalue weighted by Crippen LogP contribution is -2.12. The van der Waals surface area contributed by atoms with Crippen LogP contribution in [0.15, 0.2) is 30.3 Å². The number of carbonyl (C=O) groups is 1. The predicted molar refractivity (Wildman–Crippen MR) is 90.8 cm³/mol. The van der Waals surface area contributed by atoms with E-state index in [0.29, 0.717) is 26.3 Å². The topological polar surface area (TPSA) is 108 Å². The third-order valence-electron chi connectivity index (χ3n) is 3.44. The van der Waals surface area contributed by atoms with Crippen LogP contribution in [0.25, 0.3) is 10.2 Å². The van der Waals surface area contributed by atoms with Gasteiger partial charge >= 0.3 is 0 Å². The summed E-state index contributed by atoms with van der Waals surface area (Å²) in [5.74, 6) is -0.445. The molecule has 6 nitrogen and oxygen atoms in total. The second-order valence-electron chi connectivity index (χ2n) is 5.08. The number of para-hydroxylation sites is 2. The Morgan fingerprint density at radius 3 is 2.83 bits per heavy atom. The highest BCUT2D eigenvalue weighted by Crippen LogP contribution is 2.36. The number of aliphatic hydroxyl groups is 1. The number of thiophene rings is 1. The number of phenolic OH excluding ortho intramolecular Hbond substituents is 1. The molecule has 0 aliphatic heterocycles. The summed E-state index contributed by atoms with van der Waals surface area (Å²) in [4.78, 5) is 17.7. The Hall–Kier alpha value is -2.64. The lowest BCUT2D eigenvalue weighted by molar-refractivity contribution is 0.103. The van der Waals surface area contributed by atoms with E-state index in [1.165, 1.54) is 6.07 Å². The van der Waals surface area contributed by atoms with Crippen LogP contribution in [0.1, 0.15) is 20.9 Å². The first-order valence-electron chi connectivity index (χ1n) is 6.90. The number of hydrogen-bond donors (Lipinski definition) is 4. The third kappa shape index (κ3) is 2.71. The van der Waals surface area contributed by atoms with Gasteiger partial charge in [0, 0.05) is 11.1 Å². The number of benzene rings is 1. The van der Waals surface area contributed by atoms with Crippen molar-refractivity contribution >= 4 is 38.8 Å². The molecule has 0 unspecified atom stereocenters. The highest BCUT2D eigenvalue weighted by atomic mass is 32.1. The van der Waals surface area contributed by atoms with Crippen LogP contribution >= 0.6 is 11.3 Å². The molecular weight excluding hydrogens is 314 g/mol. The van der Waals surface area contributed by atoms with Crippen LogP contribution in [0.5, 0.6) is 5.75 Å². The Bertz CT molecular complexity index is 905. The molecule has 0 aliphatic carbocycles. The van der Waals surface area contributed by atoms with Gasteiger partial charge in [0.15, 0.2) is 0 Å². The van der Waals surface area contributed by atoms with Crippen molar-refractivity contribution in [1.29, 1.82) is 0 Å². The maximum atomic E-state index is 12.5. The molecule has 23 heavy (non-hydrogen) atoms. The van der Waals surface area contributed by atoms with Crippen molar-refractivity contribution in [2.45, 2.75) is 13.5 Å². The van der Waals surface area contributed by atoms with E-state index in [2.05, 4.69) is 10.3 Å². The number of nitrogens with zero attached hydrogens (tertiary/aromatic N) is 1. The molecule has 5 N–H and O–H groups in total. The number of rotatable bonds is 3. The fourth-order valence-corrected chi connectivity index (χ4v) is 3.47. The Morgan fingerprint density at radius 2 is 2.13 bits per heavy atom. The summed E-state index contributed by atoms with van der Waals surface area (Å²) in [6.07, 6.45) is 0. The molecule has 7 heteroatoms. The summed E-state index contributed by atoms with van der Waals surface area (Å²) in [5.41, 5.74) is 8.07. The summed E-state index contributed by atoms with van der Waals surface area (Å²) in [6.45, 7) is 1.64. The highest BCUT2D eigenvalue weighted by molar-refractivity contribution is 7.21. The average Bonchev–Trinajstić information content (AvgIpc) is 2.85. The number of aryl methyl sites for hydroxylation is 1. The standard InChI is InChI=1S/C16H15N3O3S/c1-8-6-9(7-20)12-13(17)14(23-16(12)18-8)15(22)19-10-4-2-3-5-11(10)21/h2-6,20-21H,7,17H2,1H3,(H,19,22). The third-order valence-corrected chi connectivity index (χ3v) is 4.54. The van der Waals surface area contributed by atoms with Crippen molar-refractivity contribution in [3.63, 3.8) is 0 Å². The van der Waals surface area contributed by atoms with Crippen molar-refractivity contribution in [1.82, 2.24) is 4.98 Å². The largest absolute Gasteiger partial charge is 0.506 e. The maximum absolute atomic E-state index is 12.5. The number of nitrogen functional groups attached to an aromatic ring is 1. The number of aliphatic hydroxyl groups excluding tert-OH is 1. The fraction of sp³-hybridized carbons (Fsp3) is 0.125. The van der Waals surface area contributed by atoms with Gasteiger partial charge < -0.3 is 21.3 Å². The van der Waals surface area contributed by atoms with Crippen molar-refractivity contribution < 1.29 is 15.0 Å². The van der Waals surface area contributed by atoms with Gasteiger partial charge in [-0.15, -0.1) is 11.3 Å². The van der Waals surface area contributed by atoms with E-state index >= 15 is 0 Å². The molecule has 0 aliphatic rings. The van der Waals surface area contributed by atoms with E-state index in [-0.39, 0.29) is 18.0 Å². The molecular formula is C16H15N3O3S. The van der Waals surface area contributed by atoms with Crippen LogP contribution in [0, 0.1) is 6.92 Å². The Balaban J connectivity index is 2.05. The number of aromatic nitrogens is 1. The number of hydrogen-bond acceptors (Lipinski definition) is 6. The van der Waals surface area contributed by atoms with E-state index in [4.69, 9.17) is 5.73 Å². The van der Waals surface area contributed by atoms with Crippen LogP contribution in [0.3, 0.4) is 0 Å². The van der Waals surface area contributed by atoms with Gasteiger partial charge in [-0.3, -0.25) is 4.79 Å². The van der Waals surface area contributed by atoms with Crippen molar-refractivity contribution in [3.05, 3.63) is 46.5 Å². The Morgan fingerprint density at radius 1 is 1.39 bits per heavy atom. The van der Waals surface area contributed by atoms with E-state index in [9.17, 15) is 15.0 Å². The van der Waals surface area contributed by atoms with Crippen molar-refractivity contribution in [2.24, 2.45) is 0 Å². The Labute approximate surface area is 136 Å². The molecule has 2 aromatic heterocycles. The van der Waals surface area contributed by atoms with Crippen LogP contribution in [-0.4, -0.2) is 21.1 Å². The average molecular weight is 329 g/mol. The summed E-state index contributed by atoms with van der Waals surface area (Å²) in [5, 5.41) is 22.5. The number of carbonyl (C=O) groups excluding carboxylic acids is 1. The normalized spacial score (nSPS) is 10.9. The van der Waals surface area contributed by atoms with Gasteiger partial charge in [0.05, 0.1) is 18.0 Å². The van der Waals surface area contributed by atoms with Gasteiger partial charge in [-0.25, -0.2) is 4.98 Å². The van der Waals surface area contributed by atoms with Crippen LogP contribution in [0.4, 0.5) is 11.4 Å². The van der Waals surface area contributed by atoms with E-state index in [1.807, 2.05) is 6.92 Å². The SMILES string of the molecule is Cc1cc(CO)c2c(N)c(C(=O)Nc3ccccc3O)sc2n1. The van der Waals surface area contributed by atoms with Gasteiger partial charge in [-0.2, -0.15) is 0 Å². The fourth-order valence-electron chi connectivity index (χ4n) is 2.39. The van der Waals surface area contributed by atoms with Crippen molar-refractivity contribution in [3.8, 4) is 5.75 Å². The zero-order valence-corrected chi connectivity index (χ0v) is 13.1. The van der Waals surface area contributed by atoms with Gasteiger partial charge in [0.1, 0.15) is 15.5 Å². The summed E-state index contributed by atoms with van der Waals surface area (Å²) >= 11 is 1.16. The minimum atomic E-state index is -0.423. The maximum Gasteiger partial charge on any atom is 0.268 e. The summed E-state index contributed by atoms with van der Waals surface area (Å²) in [6, 6.07) is 8.20. The van der Waals surface area contributed by atoms with E-state index in [1.54, 1.807) is 24.3 Å². The number of nitrogens with two attached hydrogens (primary N) is 1. The number of phenols is 1. The molecule has 2 heterocycles. The summed E-state index contributed by atoms with van der Waals surface area (Å²) in [7, 11) is 0. The summed E-state index contributed by atoms with van der Waals surface area (Å²) < 4.78 is 0. The van der Waals surface area contributed by atoms with Crippen LogP contribution < -0.4 is 11.1 Å². The molecule has 0 spiro atoms. The number of pyridine rings is 1. The van der Waals surface area contributed by atoms with Gasteiger partial charge in [-0.05, 0) is 30.7 Å². The van der Waals surface area contributed by atoms with E-state index in [0.717, 1.165) is 17.0 Å². The predicted octanol–water partition coefficient (Wildman–Crippen LogP) is 2.64. The van der Waals surface area contributed by atoms with Crippen LogP contribution in [0.2, 0.25) is 0 Å². The highest BCUT2D eigenvalue weighted by Gasteiger charge is 2.20. The smallest absolute Gasteiger partial charge is 0.268 e. The molecule has 3 rings (SSSR count). The molecule has 0 bridgehead atoms. The molecule has 3 aromatic rings. The molecule has 118 valence electrons. The number of nitrogens with one attached hydrogen (secondary N) is 1. The zero-order valence-electron chi connectivity index (χ0n) is 12.3. The number of fused-ring (bicyclic) bond motifs is 1. The molecule has 1 aromatic carbocycles. The van der Waals surface area contributed by atoms with Gasteiger partial charge in [0.2, 0.25) is 0 Å². The molecule has 0 saturated heterocycles. The number of amides is 1.